The lowest BCUT2D eigenvalue weighted by atomic mass is 9.84. The molecule has 6 N–H and O–H groups in total. The molecule has 1 fully saturated rings. The number of nitrogens with two attached hydrogens (primary N) is 1. The highest BCUT2D eigenvalue weighted by Crippen LogP contribution is 2.31. The van der Waals surface area contributed by atoms with Gasteiger partial charge in [-0.2, -0.15) is 0 Å². The van der Waals surface area contributed by atoms with Crippen molar-refractivity contribution in [2.24, 2.45) is 5.73 Å². The first-order chi connectivity index (χ1) is 19.8. The second-order valence-electron chi connectivity index (χ2n) is 11.8. The van der Waals surface area contributed by atoms with Gasteiger partial charge in [-0.3, -0.25) is 19.2 Å². The zero-order valence-corrected chi connectivity index (χ0v) is 24.7. The van der Waals surface area contributed by atoms with Crippen molar-refractivity contribution in [3.8, 4) is 5.75 Å². The number of hydrogen-bond donors (Lipinski definition) is 5. The van der Waals surface area contributed by atoms with E-state index in [2.05, 4.69) is 16.0 Å². The Hall–Kier alpha value is -3.99. The van der Waals surface area contributed by atoms with E-state index in [1.54, 1.807) is 30.3 Å². The van der Waals surface area contributed by atoms with Crippen LogP contribution in [0.5, 0.6) is 5.75 Å². The summed E-state index contributed by atoms with van der Waals surface area (Å²) in [5.74, 6) is -2.15. The van der Waals surface area contributed by atoms with Crippen LogP contribution in [0.25, 0.3) is 0 Å². The summed E-state index contributed by atoms with van der Waals surface area (Å²) in [5.41, 5.74) is 7.92. The van der Waals surface area contributed by atoms with Gasteiger partial charge in [0.1, 0.15) is 23.7 Å². The average molecular weight is 584 g/mol. The molecule has 3 atom stereocenters. The van der Waals surface area contributed by atoms with Gasteiger partial charge in [0.05, 0.1) is 12.6 Å². The van der Waals surface area contributed by atoms with E-state index >= 15 is 0 Å². The van der Waals surface area contributed by atoms with Crippen LogP contribution in [0.2, 0.25) is 0 Å². The molecule has 10 nitrogen and oxygen atoms in total. The van der Waals surface area contributed by atoms with Gasteiger partial charge < -0.3 is 31.7 Å². The Morgan fingerprint density at radius 1 is 1.05 bits per heavy atom. The van der Waals surface area contributed by atoms with Crippen LogP contribution in [0, 0.1) is 5.82 Å². The number of aromatic hydroxyl groups is 1. The number of carbonyl (C=O) groups is 4. The van der Waals surface area contributed by atoms with Crippen LogP contribution in [-0.2, 0) is 37.4 Å². The second-order valence-corrected chi connectivity index (χ2v) is 11.8. The summed E-state index contributed by atoms with van der Waals surface area (Å²) in [7, 11) is 1.50. The Labute approximate surface area is 246 Å². The van der Waals surface area contributed by atoms with Crippen molar-refractivity contribution in [1.82, 2.24) is 20.9 Å². The number of amides is 4. The van der Waals surface area contributed by atoms with Crippen LogP contribution in [-0.4, -0.2) is 71.9 Å². The van der Waals surface area contributed by atoms with Gasteiger partial charge in [-0.15, -0.1) is 0 Å². The van der Waals surface area contributed by atoms with E-state index in [9.17, 15) is 28.7 Å². The molecule has 228 valence electrons. The standard InChI is InChI=1S/C31H42FN5O5/c1-31(2,3)22-15-20(10-13-26(22)38)17-24-28(40)35-18-27(39)34-14-6-5-7-25(29(41)36-24)37(4)30(42)23(33)16-19-8-11-21(32)12-9-19/h8-13,15,23-25,38H,5-7,14,16-18,33H2,1-4H3,(H,34,39)(H,35,40)(H,36,41). The molecule has 0 aromatic heterocycles. The molecule has 0 bridgehead atoms. The molecule has 11 heteroatoms. The molecule has 42 heavy (non-hydrogen) atoms. The van der Waals surface area contributed by atoms with Gasteiger partial charge in [-0.1, -0.05) is 45.0 Å². The molecule has 0 saturated carbocycles. The maximum absolute atomic E-state index is 13.7. The predicted octanol–water partition coefficient (Wildman–Crippen LogP) is 1.67. The highest BCUT2D eigenvalue weighted by atomic mass is 19.1. The maximum Gasteiger partial charge on any atom is 0.243 e. The highest BCUT2D eigenvalue weighted by molar-refractivity contribution is 5.94. The van der Waals surface area contributed by atoms with Crippen LogP contribution in [0.1, 0.15) is 56.7 Å². The topological polar surface area (TPSA) is 154 Å². The molecule has 0 radical (unpaired) electrons. The van der Waals surface area contributed by atoms with Gasteiger partial charge in [0.25, 0.3) is 0 Å². The SMILES string of the molecule is CN(C(=O)C(N)Cc1ccc(F)cc1)C1CCCCNC(=O)CNC(=O)C(Cc2ccc(O)c(C(C)(C)C)c2)NC1=O. The van der Waals surface area contributed by atoms with Gasteiger partial charge in [-0.25, -0.2) is 4.39 Å². The minimum atomic E-state index is -1.05. The summed E-state index contributed by atoms with van der Waals surface area (Å²) < 4.78 is 13.3. The summed E-state index contributed by atoms with van der Waals surface area (Å²) in [6.45, 7) is 5.98. The summed E-state index contributed by atoms with van der Waals surface area (Å²) in [4.78, 5) is 53.8. The summed E-state index contributed by atoms with van der Waals surface area (Å²) in [6.07, 6.45) is 1.64. The van der Waals surface area contributed by atoms with Crippen molar-refractivity contribution in [1.29, 1.82) is 0 Å². The molecule has 4 amide bonds. The molecule has 1 saturated heterocycles. The van der Waals surface area contributed by atoms with Crippen LogP contribution in [0.15, 0.2) is 42.5 Å². The Morgan fingerprint density at radius 2 is 1.71 bits per heavy atom. The van der Waals surface area contributed by atoms with Gasteiger partial charge in [0, 0.05) is 20.0 Å². The number of hydrogen-bond acceptors (Lipinski definition) is 6. The third kappa shape index (κ3) is 9.01. The summed E-state index contributed by atoms with van der Waals surface area (Å²) in [5, 5.41) is 18.5. The molecule has 2 aromatic rings. The van der Waals surface area contributed by atoms with Crippen molar-refractivity contribution in [2.75, 3.05) is 20.1 Å². The molecule has 0 aliphatic carbocycles. The Bertz CT molecular complexity index is 1280. The lowest BCUT2D eigenvalue weighted by Crippen LogP contribution is -2.57. The number of halogens is 1. The minimum absolute atomic E-state index is 0.0943. The van der Waals surface area contributed by atoms with E-state index in [-0.39, 0.29) is 42.9 Å². The number of likely N-dealkylation sites (N-methyl/N-ethyl adjacent to an activating group) is 1. The molecule has 1 heterocycles. The van der Waals surface area contributed by atoms with Crippen molar-refractivity contribution < 1.29 is 28.7 Å². The normalized spacial score (nSPS) is 19.7. The maximum atomic E-state index is 13.7. The van der Waals surface area contributed by atoms with E-state index in [0.717, 1.165) is 0 Å². The van der Waals surface area contributed by atoms with E-state index in [0.29, 0.717) is 36.1 Å². The minimum Gasteiger partial charge on any atom is -0.508 e. The Balaban J connectivity index is 1.85. The van der Waals surface area contributed by atoms with E-state index < -0.39 is 41.7 Å². The third-order valence-electron chi connectivity index (χ3n) is 7.40. The zero-order valence-electron chi connectivity index (χ0n) is 24.7. The molecular formula is C31H42FN5O5. The molecule has 1 aliphatic rings. The van der Waals surface area contributed by atoms with Crippen LogP contribution in [0.3, 0.4) is 0 Å². The Kier molecular flexibility index (Phi) is 11.0. The monoisotopic (exact) mass is 583 g/mol. The number of phenolic OH excluding ortho intramolecular Hbond substituents is 1. The first kappa shape index (κ1) is 32.5. The lowest BCUT2D eigenvalue weighted by molar-refractivity contribution is -0.141. The number of carbonyl (C=O) groups excluding carboxylic acids is 4. The van der Waals surface area contributed by atoms with Crippen LogP contribution >= 0.6 is 0 Å². The first-order valence-electron chi connectivity index (χ1n) is 14.2. The second kappa shape index (κ2) is 14.3. The van der Waals surface area contributed by atoms with Crippen molar-refractivity contribution in [3.05, 3.63) is 65.0 Å². The average Bonchev–Trinajstić information content (AvgIpc) is 2.94. The predicted molar refractivity (Wildman–Crippen MR) is 157 cm³/mol. The number of rotatable bonds is 6. The molecule has 3 unspecified atom stereocenters. The Morgan fingerprint density at radius 3 is 2.38 bits per heavy atom. The highest BCUT2D eigenvalue weighted by Gasteiger charge is 2.33. The van der Waals surface area contributed by atoms with Gasteiger partial charge in [0.2, 0.25) is 23.6 Å². The summed E-state index contributed by atoms with van der Waals surface area (Å²) in [6, 6.07) is 7.78. The fourth-order valence-electron chi connectivity index (χ4n) is 4.94. The molecular weight excluding hydrogens is 541 g/mol. The third-order valence-corrected chi connectivity index (χ3v) is 7.40. The molecule has 3 rings (SSSR count). The van der Waals surface area contributed by atoms with Crippen molar-refractivity contribution >= 4 is 23.6 Å². The van der Waals surface area contributed by atoms with E-state index in [1.165, 1.54) is 24.1 Å². The van der Waals surface area contributed by atoms with Crippen LogP contribution < -0.4 is 21.7 Å². The quantitative estimate of drug-likeness (QED) is 0.349. The summed E-state index contributed by atoms with van der Waals surface area (Å²) >= 11 is 0. The molecule has 2 aromatic carbocycles. The van der Waals surface area contributed by atoms with E-state index in [4.69, 9.17) is 5.73 Å². The molecule has 1 aliphatic heterocycles. The molecule has 0 spiro atoms. The van der Waals surface area contributed by atoms with E-state index in [1.807, 2.05) is 20.8 Å². The lowest BCUT2D eigenvalue weighted by Gasteiger charge is -2.31. The number of nitrogens with one attached hydrogen (secondary N) is 3. The largest absolute Gasteiger partial charge is 0.508 e. The zero-order chi connectivity index (χ0) is 31.0. The van der Waals surface area contributed by atoms with Gasteiger partial charge in [-0.05, 0) is 66.0 Å². The fourth-order valence-corrected chi connectivity index (χ4v) is 4.94. The van der Waals surface area contributed by atoms with Gasteiger partial charge >= 0.3 is 0 Å². The fraction of sp³-hybridized carbons (Fsp3) is 0.484. The van der Waals surface area contributed by atoms with Crippen molar-refractivity contribution in [3.63, 3.8) is 0 Å². The first-order valence-corrected chi connectivity index (χ1v) is 14.2. The number of phenols is 1. The van der Waals surface area contributed by atoms with Crippen molar-refractivity contribution in [2.45, 2.75) is 76.4 Å². The van der Waals surface area contributed by atoms with Crippen LogP contribution in [0.4, 0.5) is 4.39 Å². The number of benzene rings is 2. The smallest absolute Gasteiger partial charge is 0.243 e. The van der Waals surface area contributed by atoms with Gasteiger partial charge in [0.15, 0.2) is 0 Å². The number of nitrogens with zero attached hydrogens (tertiary/aromatic N) is 1.